The van der Waals surface area contributed by atoms with Crippen molar-refractivity contribution in [2.45, 2.75) is 71.5 Å². The summed E-state index contributed by atoms with van der Waals surface area (Å²) in [4.78, 5) is 2.68. The van der Waals surface area contributed by atoms with Gasteiger partial charge in [0.15, 0.2) is 0 Å². The van der Waals surface area contributed by atoms with Gasteiger partial charge in [-0.15, -0.1) is 0 Å². The zero-order valence-corrected chi connectivity index (χ0v) is 11.1. The third-order valence-electron chi connectivity index (χ3n) is 4.85. The van der Waals surface area contributed by atoms with Crippen LogP contribution in [0.3, 0.4) is 0 Å². The lowest BCUT2D eigenvalue weighted by Gasteiger charge is -2.50. The third-order valence-corrected chi connectivity index (χ3v) is 4.85. The zero-order chi connectivity index (χ0) is 11.6. The molecule has 3 atom stereocenters. The molecule has 15 heavy (non-hydrogen) atoms. The standard InChI is InChI=1S/C13H28N2/c1-6-13(5,7-2)15-9-8-12(14)10(3)11(15)4/h10-12H,6-9,14H2,1-5H3. The van der Waals surface area contributed by atoms with Gasteiger partial charge in [0.2, 0.25) is 0 Å². The van der Waals surface area contributed by atoms with Gasteiger partial charge in [-0.05, 0) is 39.0 Å². The molecule has 0 aromatic rings. The highest BCUT2D eigenvalue weighted by Gasteiger charge is 2.38. The number of rotatable bonds is 3. The summed E-state index contributed by atoms with van der Waals surface area (Å²) in [6.45, 7) is 12.8. The van der Waals surface area contributed by atoms with E-state index in [2.05, 4.69) is 39.5 Å². The molecule has 1 heterocycles. The van der Waals surface area contributed by atoms with E-state index in [-0.39, 0.29) is 0 Å². The van der Waals surface area contributed by atoms with Gasteiger partial charge in [-0.25, -0.2) is 0 Å². The lowest BCUT2D eigenvalue weighted by Crippen LogP contribution is -2.59. The Labute approximate surface area is 95.2 Å². The van der Waals surface area contributed by atoms with Crippen molar-refractivity contribution in [1.82, 2.24) is 4.90 Å². The molecule has 1 aliphatic heterocycles. The number of likely N-dealkylation sites (tertiary alicyclic amines) is 1. The molecule has 0 saturated carbocycles. The van der Waals surface area contributed by atoms with Crippen LogP contribution in [0.4, 0.5) is 0 Å². The van der Waals surface area contributed by atoms with Crippen LogP contribution in [0.5, 0.6) is 0 Å². The summed E-state index contributed by atoms with van der Waals surface area (Å²) in [7, 11) is 0. The van der Waals surface area contributed by atoms with Crippen LogP contribution in [0, 0.1) is 5.92 Å². The fourth-order valence-corrected chi connectivity index (χ4v) is 2.81. The smallest absolute Gasteiger partial charge is 0.0179 e. The predicted octanol–water partition coefficient (Wildman–Crippen LogP) is 2.62. The molecule has 1 aliphatic rings. The summed E-state index contributed by atoms with van der Waals surface area (Å²) in [6.07, 6.45) is 3.62. The van der Waals surface area contributed by atoms with Crippen LogP contribution in [-0.2, 0) is 0 Å². The summed E-state index contributed by atoms with van der Waals surface area (Å²) < 4.78 is 0. The maximum Gasteiger partial charge on any atom is 0.0179 e. The van der Waals surface area contributed by atoms with E-state index in [1.807, 2.05) is 0 Å². The van der Waals surface area contributed by atoms with Crippen LogP contribution in [0.25, 0.3) is 0 Å². The Morgan fingerprint density at radius 2 is 1.80 bits per heavy atom. The van der Waals surface area contributed by atoms with E-state index < -0.39 is 0 Å². The van der Waals surface area contributed by atoms with Crippen LogP contribution >= 0.6 is 0 Å². The van der Waals surface area contributed by atoms with Crippen LogP contribution in [0.2, 0.25) is 0 Å². The molecule has 1 fully saturated rings. The molecule has 3 unspecified atom stereocenters. The second-order valence-electron chi connectivity index (χ2n) is 5.45. The molecule has 0 aromatic carbocycles. The van der Waals surface area contributed by atoms with E-state index in [1.54, 1.807) is 0 Å². The number of hydrogen-bond acceptors (Lipinski definition) is 2. The summed E-state index contributed by atoms with van der Waals surface area (Å²) in [5, 5.41) is 0. The lowest BCUT2D eigenvalue weighted by molar-refractivity contribution is -0.00271. The van der Waals surface area contributed by atoms with Crippen molar-refractivity contribution in [2.75, 3.05) is 6.54 Å². The molecule has 0 radical (unpaired) electrons. The molecule has 0 spiro atoms. The Hall–Kier alpha value is -0.0800. The van der Waals surface area contributed by atoms with Crippen LogP contribution < -0.4 is 5.73 Å². The Kier molecular flexibility index (Phi) is 4.19. The minimum atomic E-state index is 0.369. The van der Waals surface area contributed by atoms with Crippen molar-refractivity contribution in [3.05, 3.63) is 0 Å². The average molecular weight is 212 g/mol. The molecule has 1 saturated heterocycles. The average Bonchev–Trinajstić information content (AvgIpc) is 2.25. The van der Waals surface area contributed by atoms with E-state index in [9.17, 15) is 0 Å². The molecule has 2 nitrogen and oxygen atoms in total. The number of nitrogens with zero attached hydrogens (tertiary/aromatic N) is 1. The van der Waals surface area contributed by atoms with Crippen molar-refractivity contribution in [3.8, 4) is 0 Å². The summed E-state index contributed by atoms with van der Waals surface area (Å²) in [5.74, 6) is 0.621. The van der Waals surface area contributed by atoms with E-state index in [0.717, 1.165) is 6.42 Å². The largest absolute Gasteiger partial charge is 0.327 e. The van der Waals surface area contributed by atoms with Gasteiger partial charge in [-0.2, -0.15) is 0 Å². The Balaban J connectivity index is 2.78. The highest BCUT2D eigenvalue weighted by Crippen LogP contribution is 2.32. The van der Waals surface area contributed by atoms with Crippen molar-refractivity contribution in [2.24, 2.45) is 11.7 Å². The first-order valence-corrected chi connectivity index (χ1v) is 6.48. The monoisotopic (exact) mass is 212 g/mol. The second-order valence-corrected chi connectivity index (χ2v) is 5.45. The van der Waals surface area contributed by atoms with Crippen LogP contribution in [-0.4, -0.2) is 29.1 Å². The molecule has 90 valence electrons. The zero-order valence-electron chi connectivity index (χ0n) is 11.1. The molecule has 0 amide bonds. The quantitative estimate of drug-likeness (QED) is 0.779. The molecule has 0 bridgehead atoms. The first-order valence-electron chi connectivity index (χ1n) is 6.48. The number of piperidine rings is 1. The van der Waals surface area contributed by atoms with Gasteiger partial charge in [-0.3, -0.25) is 4.90 Å². The molecular weight excluding hydrogens is 184 g/mol. The Morgan fingerprint density at radius 3 is 2.27 bits per heavy atom. The maximum atomic E-state index is 6.13. The first-order chi connectivity index (χ1) is 6.96. The van der Waals surface area contributed by atoms with Crippen LogP contribution in [0.1, 0.15) is 53.9 Å². The Morgan fingerprint density at radius 1 is 1.27 bits per heavy atom. The van der Waals surface area contributed by atoms with Gasteiger partial charge in [0.05, 0.1) is 0 Å². The van der Waals surface area contributed by atoms with Crippen molar-refractivity contribution >= 4 is 0 Å². The molecule has 0 aromatic heterocycles. The summed E-state index contributed by atoms with van der Waals surface area (Å²) in [5.41, 5.74) is 6.50. The fourth-order valence-electron chi connectivity index (χ4n) is 2.81. The van der Waals surface area contributed by atoms with E-state index in [0.29, 0.717) is 23.5 Å². The highest BCUT2D eigenvalue weighted by molar-refractivity contribution is 4.94. The predicted molar refractivity (Wildman–Crippen MR) is 66.9 cm³/mol. The summed E-state index contributed by atoms with van der Waals surface area (Å²) in [6, 6.07) is 1.02. The molecular formula is C13H28N2. The fraction of sp³-hybridized carbons (Fsp3) is 1.00. The Bertz CT molecular complexity index is 199. The summed E-state index contributed by atoms with van der Waals surface area (Å²) >= 11 is 0. The minimum Gasteiger partial charge on any atom is -0.327 e. The molecule has 2 heteroatoms. The van der Waals surface area contributed by atoms with Gasteiger partial charge >= 0.3 is 0 Å². The third kappa shape index (κ3) is 2.36. The SMILES string of the molecule is CCC(C)(CC)N1CCC(N)C(C)C1C. The molecule has 0 aliphatic carbocycles. The van der Waals surface area contributed by atoms with Crippen LogP contribution in [0.15, 0.2) is 0 Å². The van der Waals surface area contributed by atoms with Crippen molar-refractivity contribution in [3.63, 3.8) is 0 Å². The van der Waals surface area contributed by atoms with Gasteiger partial charge in [-0.1, -0.05) is 20.8 Å². The minimum absolute atomic E-state index is 0.369. The molecule has 2 N–H and O–H groups in total. The van der Waals surface area contributed by atoms with Crippen molar-refractivity contribution in [1.29, 1.82) is 0 Å². The van der Waals surface area contributed by atoms with Gasteiger partial charge in [0.25, 0.3) is 0 Å². The second kappa shape index (κ2) is 4.84. The van der Waals surface area contributed by atoms with Gasteiger partial charge in [0.1, 0.15) is 0 Å². The van der Waals surface area contributed by atoms with Gasteiger partial charge in [0, 0.05) is 24.2 Å². The normalized spacial score (nSPS) is 34.4. The first kappa shape index (κ1) is 13.0. The highest BCUT2D eigenvalue weighted by atomic mass is 15.2. The van der Waals surface area contributed by atoms with Gasteiger partial charge < -0.3 is 5.73 Å². The topological polar surface area (TPSA) is 29.3 Å². The number of hydrogen-bond donors (Lipinski definition) is 1. The lowest BCUT2D eigenvalue weighted by atomic mass is 9.82. The molecule has 1 rings (SSSR count). The number of nitrogens with two attached hydrogens (primary N) is 1. The maximum absolute atomic E-state index is 6.13. The van der Waals surface area contributed by atoms with Crippen molar-refractivity contribution < 1.29 is 0 Å². The van der Waals surface area contributed by atoms with E-state index in [4.69, 9.17) is 5.73 Å². The van der Waals surface area contributed by atoms with E-state index in [1.165, 1.54) is 19.4 Å². The van der Waals surface area contributed by atoms with E-state index >= 15 is 0 Å².